The van der Waals surface area contributed by atoms with Crippen LogP contribution in [0.1, 0.15) is 44.9 Å². The van der Waals surface area contributed by atoms with E-state index >= 15 is 0 Å². The van der Waals surface area contributed by atoms with Crippen LogP contribution in [-0.4, -0.2) is 11.4 Å². The van der Waals surface area contributed by atoms with Gasteiger partial charge in [-0.3, -0.25) is 4.79 Å². The lowest BCUT2D eigenvalue weighted by Gasteiger charge is -2.59. The summed E-state index contributed by atoms with van der Waals surface area (Å²) in [5, 5.41) is 3.20. The van der Waals surface area contributed by atoms with Crippen molar-refractivity contribution in [2.45, 2.75) is 50.5 Å². The summed E-state index contributed by atoms with van der Waals surface area (Å²) in [6.45, 7) is 0. The Morgan fingerprint density at radius 2 is 1.86 bits per heavy atom. The molecular formula is C12H17NO. The molecule has 2 heteroatoms. The molecule has 2 aliphatic carbocycles. The number of amides is 1. The summed E-state index contributed by atoms with van der Waals surface area (Å²) in [5.74, 6) is 0.323. The van der Waals surface area contributed by atoms with Crippen LogP contribution >= 0.6 is 0 Å². The molecule has 3 rings (SSSR count). The Morgan fingerprint density at radius 1 is 1.07 bits per heavy atom. The zero-order chi connectivity index (χ0) is 9.65. The Morgan fingerprint density at radius 3 is 2.71 bits per heavy atom. The van der Waals surface area contributed by atoms with Crippen molar-refractivity contribution in [3.63, 3.8) is 0 Å². The van der Waals surface area contributed by atoms with E-state index in [4.69, 9.17) is 0 Å². The van der Waals surface area contributed by atoms with E-state index in [1.165, 1.54) is 25.7 Å². The molecule has 0 aromatic rings. The van der Waals surface area contributed by atoms with Gasteiger partial charge < -0.3 is 5.32 Å². The molecule has 0 aromatic carbocycles. The van der Waals surface area contributed by atoms with E-state index < -0.39 is 0 Å². The maximum absolute atomic E-state index is 11.8. The minimum absolute atomic E-state index is 0.00174. The quantitative estimate of drug-likeness (QED) is 0.461. The molecule has 1 amide bonds. The number of hydrogen-bond donors (Lipinski definition) is 1. The molecule has 0 aromatic heterocycles. The third kappa shape index (κ3) is 0.800. The fraction of sp³-hybridized carbons (Fsp3) is 0.750. The highest BCUT2D eigenvalue weighted by Gasteiger charge is 2.64. The zero-order valence-corrected chi connectivity index (χ0v) is 8.51. The van der Waals surface area contributed by atoms with Gasteiger partial charge in [0.25, 0.3) is 0 Å². The SMILES string of the molecule is O=C1NC23CC=CCC12CCCCC3. The summed E-state index contributed by atoms with van der Waals surface area (Å²) in [6, 6.07) is 0. The van der Waals surface area contributed by atoms with Crippen molar-refractivity contribution in [3.05, 3.63) is 12.2 Å². The molecule has 1 N–H and O–H groups in total. The number of carbonyl (C=O) groups is 1. The normalized spacial score (nSPS) is 45.6. The first-order chi connectivity index (χ1) is 6.79. The molecule has 1 saturated heterocycles. The van der Waals surface area contributed by atoms with Crippen LogP contribution in [0.3, 0.4) is 0 Å². The molecule has 1 aliphatic heterocycles. The second-order valence-electron chi connectivity index (χ2n) is 5.06. The van der Waals surface area contributed by atoms with Crippen molar-refractivity contribution in [1.29, 1.82) is 0 Å². The van der Waals surface area contributed by atoms with Gasteiger partial charge in [0.2, 0.25) is 5.91 Å². The van der Waals surface area contributed by atoms with Crippen molar-refractivity contribution in [1.82, 2.24) is 5.32 Å². The fourth-order valence-electron chi connectivity index (χ4n) is 3.60. The maximum Gasteiger partial charge on any atom is 0.229 e. The van der Waals surface area contributed by atoms with Gasteiger partial charge >= 0.3 is 0 Å². The van der Waals surface area contributed by atoms with E-state index in [1.54, 1.807) is 0 Å². The Bertz CT molecular complexity index is 309. The summed E-state index contributed by atoms with van der Waals surface area (Å²) >= 11 is 0. The van der Waals surface area contributed by atoms with Gasteiger partial charge in [-0.05, 0) is 25.7 Å². The van der Waals surface area contributed by atoms with Crippen LogP contribution in [-0.2, 0) is 4.79 Å². The predicted molar refractivity (Wildman–Crippen MR) is 54.8 cm³/mol. The number of β-lactam (4-membered cyclic amide) rings is 1. The lowest BCUT2D eigenvalue weighted by atomic mass is 9.54. The molecule has 2 nitrogen and oxygen atoms in total. The van der Waals surface area contributed by atoms with E-state index in [2.05, 4.69) is 17.5 Å². The van der Waals surface area contributed by atoms with Crippen molar-refractivity contribution in [2.24, 2.45) is 5.41 Å². The number of allylic oxidation sites excluding steroid dienone is 1. The molecule has 1 heterocycles. The van der Waals surface area contributed by atoms with E-state index in [0.717, 1.165) is 19.3 Å². The van der Waals surface area contributed by atoms with Crippen LogP contribution in [0.4, 0.5) is 0 Å². The second-order valence-corrected chi connectivity index (χ2v) is 5.06. The summed E-state index contributed by atoms with van der Waals surface area (Å²) in [4.78, 5) is 11.8. The third-order valence-corrected chi connectivity index (χ3v) is 4.51. The van der Waals surface area contributed by atoms with Crippen molar-refractivity contribution >= 4 is 5.91 Å². The fourth-order valence-corrected chi connectivity index (χ4v) is 3.60. The van der Waals surface area contributed by atoms with E-state index in [0.29, 0.717) is 5.91 Å². The van der Waals surface area contributed by atoms with Gasteiger partial charge in [0, 0.05) is 0 Å². The van der Waals surface area contributed by atoms with Gasteiger partial charge in [-0.25, -0.2) is 0 Å². The maximum atomic E-state index is 11.8. The van der Waals surface area contributed by atoms with Crippen LogP contribution in [0.15, 0.2) is 12.2 Å². The highest BCUT2D eigenvalue weighted by atomic mass is 16.2. The zero-order valence-electron chi connectivity index (χ0n) is 8.51. The van der Waals surface area contributed by atoms with Gasteiger partial charge in [-0.15, -0.1) is 0 Å². The van der Waals surface area contributed by atoms with Gasteiger partial charge in [-0.2, -0.15) is 0 Å². The molecule has 14 heavy (non-hydrogen) atoms. The first-order valence-electron chi connectivity index (χ1n) is 5.77. The third-order valence-electron chi connectivity index (χ3n) is 4.51. The summed E-state index contributed by atoms with van der Waals surface area (Å²) < 4.78 is 0. The average Bonchev–Trinajstić information content (AvgIpc) is 2.34. The average molecular weight is 191 g/mol. The molecule has 0 spiro atoms. The lowest BCUT2D eigenvalue weighted by Crippen LogP contribution is -2.76. The van der Waals surface area contributed by atoms with Gasteiger partial charge in [0.1, 0.15) is 0 Å². The molecular weight excluding hydrogens is 174 g/mol. The summed E-state index contributed by atoms with van der Waals surface area (Å²) in [5.41, 5.74) is 0.160. The molecule has 2 fully saturated rings. The lowest BCUT2D eigenvalue weighted by molar-refractivity contribution is -0.158. The van der Waals surface area contributed by atoms with E-state index in [-0.39, 0.29) is 11.0 Å². The predicted octanol–water partition coefficient (Wildman–Crippen LogP) is 2.16. The molecule has 0 bridgehead atoms. The Kier molecular flexibility index (Phi) is 1.59. The molecule has 3 aliphatic rings. The standard InChI is InChI=1S/C12H17NO/c14-10-11-6-2-1-3-8-12(11,13-10)9-5-4-7-11/h4-5H,1-3,6-9H2,(H,13,14). The van der Waals surface area contributed by atoms with Gasteiger partial charge in [-0.1, -0.05) is 31.4 Å². The topological polar surface area (TPSA) is 29.1 Å². The summed E-state index contributed by atoms with van der Waals surface area (Å²) in [7, 11) is 0. The highest BCUT2D eigenvalue weighted by Crippen LogP contribution is 2.55. The Hall–Kier alpha value is -0.790. The molecule has 2 atom stereocenters. The van der Waals surface area contributed by atoms with Crippen LogP contribution in [0.25, 0.3) is 0 Å². The van der Waals surface area contributed by atoms with Crippen molar-refractivity contribution in [2.75, 3.05) is 0 Å². The smallest absolute Gasteiger partial charge is 0.229 e. The van der Waals surface area contributed by atoms with Gasteiger partial charge in [0.05, 0.1) is 11.0 Å². The second kappa shape index (κ2) is 2.62. The minimum Gasteiger partial charge on any atom is -0.349 e. The van der Waals surface area contributed by atoms with Crippen LogP contribution < -0.4 is 5.32 Å². The number of hydrogen-bond acceptors (Lipinski definition) is 1. The Balaban J connectivity index is 2.02. The number of carbonyl (C=O) groups excluding carboxylic acids is 1. The van der Waals surface area contributed by atoms with Crippen molar-refractivity contribution < 1.29 is 4.79 Å². The minimum atomic E-state index is -0.00174. The van der Waals surface area contributed by atoms with Crippen LogP contribution in [0.5, 0.6) is 0 Å². The van der Waals surface area contributed by atoms with Crippen molar-refractivity contribution in [3.8, 4) is 0 Å². The van der Waals surface area contributed by atoms with Crippen LogP contribution in [0.2, 0.25) is 0 Å². The van der Waals surface area contributed by atoms with E-state index in [1.807, 2.05) is 0 Å². The van der Waals surface area contributed by atoms with Crippen LogP contribution in [0, 0.1) is 5.41 Å². The molecule has 2 unspecified atom stereocenters. The summed E-state index contributed by atoms with van der Waals surface area (Å²) in [6.07, 6.45) is 12.7. The molecule has 0 radical (unpaired) electrons. The van der Waals surface area contributed by atoms with E-state index in [9.17, 15) is 4.79 Å². The first-order valence-corrected chi connectivity index (χ1v) is 5.77. The number of nitrogens with one attached hydrogen (secondary N) is 1. The first kappa shape index (κ1) is 8.51. The molecule has 76 valence electrons. The Labute approximate surface area is 84.8 Å². The van der Waals surface area contributed by atoms with Gasteiger partial charge in [0.15, 0.2) is 0 Å². The monoisotopic (exact) mass is 191 g/mol. The number of rotatable bonds is 0. The largest absolute Gasteiger partial charge is 0.349 e. The molecule has 1 saturated carbocycles. The highest BCUT2D eigenvalue weighted by molar-refractivity contribution is 5.92.